The molecule has 10 nitrogen and oxygen atoms in total. The van der Waals surface area contributed by atoms with Gasteiger partial charge in [-0.15, -0.1) is 0 Å². The quantitative estimate of drug-likeness (QED) is 0.393. The van der Waals surface area contributed by atoms with Gasteiger partial charge in [0.15, 0.2) is 11.6 Å². The van der Waals surface area contributed by atoms with E-state index in [1.165, 1.54) is 6.33 Å². The van der Waals surface area contributed by atoms with Gasteiger partial charge in [-0.3, -0.25) is 10.1 Å². The summed E-state index contributed by atoms with van der Waals surface area (Å²) in [6.07, 6.45) is 7.71. The van der Waals surface area contributed by atoms with Crippen molar-refractivity contribution >= 4 is 40.2 Å². The summed E-state index contributed by atoms with van der Waals surface area (Å²) in [6, 6.07) is 6.32. The second kappa shape index (κ2) is 8.47. The Morgan fingerprint density at radius 2 is 2.03 bits per heavy atom. The van der Waals surface area contributed by atoms with Gasteiger partial charge in [0.2, 0.25) is 11.6 Å². The monoisotopic (exact) mass is 496 g/mol. The molecule has 2 saturated heterocycles. The number of nitrogen functional groups attached to an aromatic ring is 1. The molecule has 6 rings (SSSR count). The van der Waals surface area contributed by atoms with E-state index in [2.05, 4.69) is 62.6 Å². The van der Waals surface area contributed by atoms with Crippen LogP contribution in [-0.2, 0) is 0 Å². The van der Waals surface area contributed by atoms with Crippen LogP contribution >= 0.6 is 0 Å². The highest BCUT2D eigenvalue weighted by molar-refractivity contribution is 5.98. The van der Waals surface area contributed by atoms with Crippen LogP contribution in [-0.4, -0.2) is 51.0 Å². The van der Waals surface area contributed by atoms with Gasteiger partial charge in [-0.2, -0.15) is 4.98 Å². The summed E-state index contributed by atoms with van der Waals surface area (Å²) in [5.41, 5.74) is 11.3. The van der Waals surface area contributed by atoms with Crippen molar-refractivity contribution in [2.75, 3.05) is 29.0 Å². The first-order valence-electron chi connectivity index (χ1n) is 12.5. The fraction of sp³-hybridized carbons (Fsp3) is 0.370. The average Bonchev–Trinajstić information content (AvgIpc) is 3.46. The Hall–Kier alpha value is -4.14. The number of amides is 1. The van der Waals surface area contributed by atoms with Crippen LogP contribution in [0.2, 0.25) is 0 Å². The molecule has 2 unspecified atom stereocenters. The maximum atomic E-state index is 12.9. The van der Waals surface area contributed by atoms with Gasteiger partial charge in [-0.05, 0) is 31.0 Å². The zero-order chi connectivity index (χ0) is 25.9. The van der Waals surface area contributed by atoms with Gasteiger partial charge in [-0.1, -0.05) is 26.8 Å². The van der Waals surface area contributed by atoms with Gasteiger partial charge < -0.3 is 21.3 Å². The summed E-state index contributed by atoms with van der Waals surface area (Å²) in [5.74, 6) is 1.22. The molecule has 5 N–H and O–H groups in total. The summed E-state index contributed by atoms with van der Waals surface area (Å²) < 4.78 is 0. The van der Waals surface area contributed by atoms with Crippen molar-refractivity contribution in [1.29, 1.82) is 0 Å². The fourth-order valence-corrected chi connectivity index (χ4v) is 4.96. The lowest BCUT2D eigenvalue weighted by Gasteiger charge is -2.27. The van der Waals surface area contributed by atoms with Crippen molar-refractivity contribution in [2.24, 2.45) is 5.41 Å². The van der Waals surface area contributed by atoms with Crippen molar-refractivity contribution in [3.8, 4) is 0 Å². The Bertz CT molecular complexity index is 1490. The van der Waals surface area contributed by atoms with Crippen LogP contribution in [0, 0.1) is 18.4 Å². The minimum absolute atomic E-state index is 0.00750. The third-order valence-corrected chi connectivity index (χ3v) is 7.18. The molecule has 1 aromatic carbocycles. The molecule has 0 saturated carbocycles. The predicted octanol–water partition coefficient (Wildman–Crippen LogP) is 3.01. The maximum absolute atomic E-state index is 12.9. The number of aromatic nitrogens is 4. The van der Waals surface area contributed by atoms with Crippen LogP contribution in [0.4, 0.5) is 23.3 Å². The second-order valence-corrected chi connectivity index (χ2v) is 10.9. The fourth-order valence-electron chi connectivity index (χ4n) is 4.96. The number of hydrogen-bond acceptors (Lipinski definition) is 9. The number of piperazine rings is 1. The Labute approximate surface area is 215 Å². The third-order valence-electron chi connectivity index (χ3n) is 7.18. The van der Waals surface area contributed by atoms with Gasteiger partial charge >= 0.3 is 0 Å². The molecular formula is C27H30N9O+. The van der Waals surface area contributed by atoms with Gasteiger partial charge in [-0.25, -0.2) is 15.0 Å². The van der Waals surface area contributed by atoms with Crippen molar-refractivity contribution in [3.63, 3.8) is 0 Å². The van der Waals surface area contributed by atoms with Crippen LogP contribution in [0.15, 0.2) is 41.9 Å². The number of nitrogens with two attached hydrogens (primary N) is 1. The van der Waals surface area contributed by atoms with Crippen LogP contribution in [0.1, 0.15) is 43.1 Å². The topological polar surface area (TPSA) is 134 Å². The largest absolute Gasteiger partial charge is 0.382 e. The normalized spacial score (nSPS) is 20.3. The average molecular weight is 497 g/mol. The minimum atomic E-state index is -0.200. The molecule has 0 radical (unpaired) electrons. The molecule has 2 aromatic heterocycles. The lowest BCUT2D eigenvalue weighted by atomic mass is 9.81. The molecule has 3 aliphatic rings. The minimum Gasteiger partial charge on any atom is -0.382 e. The first-order valence-corrected chi connectivity index (χ1v) is 12.5. The van der Waals surface area contributed by atoms with Crippen molar-refractivity contribution in [1.82, 2.24) is 30.6 Å². The molecule has 0 spiro atoms. The summed E-state index contributed by atoms with van der Waals surface area (Å²) in [5, 5.41) is 9.77. The number of fused-ring (bicyclic) bond motifs is 3. The Morgan fingerprint density at radius 1 is 1.22 bits per heavy atom. The molecule has 4 heterocycles. The number of nitrogens with one attached hydrogen (secondary N) is 3. The Balaban J connectivity index is 1.27. The SMILES string of the molecule is Cc1ccc(C(=O)NC2=CC(C(C)(C)C)=[C+]2)cc1Nc1ncnc2c(N)nc(N3CC4CC3CN4)nc12. The molecular weight excluding hydrogens is 466 g/mol. The highest BCUT2D eigenvalue weighted by Gasteiger charge is 2.39. The smallest absolute Gasteiger partial charge is 0.258 e. The molecule has 37 heavy (non-hydrogen) atoms. The third kappa shape index (κ3) is 4.24. The summed E-state index contributed by atoms with van der Waals surface area (Å²) in [4.78, 5) is 33.3. The molecule has 1 aliphatic carbocycles. The lowest BCUT2D eigenvalue weighted by molar-refractivity contribution is 0.0966. The molecule has 2 bridgehead atoms. The molecule has 188 valence electrons. The van der Waals surface area contributed by atoms with E-state index in [1.54, 1.807) is 6.07 Å². The molecule has 2 fully saturated rings. The van der Waals surface area contributed by atoms with E-state index in [0.717, 1.165) is 36.3 Å². The highest BCUT2D eigenvalue weighted by Crippen LogP contribution is 2.33. The van der Waals surface area contributed by atoms with Crippen LogP contribution in [0.5, 0.6) is 0 Å². The van der Waals surface area contributed by atoms with Gasteiger partial charge in [0.25, 0.3) is 5.91 Å². The number of rotatable bonds is 5. The summed E-state index contributed by atoms with van der Waals surface area (Å²) >= 11 is 0. The van der Waals surface area contributed by atoms with E-state index >= 15 is 0 Å². The number of nitrogens with zero attached hydrogens (tertiary/aromatic N) is 5. The number of benzene rings is 1. The number of anilines is 4. The van der Waals surface area contributed by atoms with E-state index in [1.807, 2.05) is 25.1 Å². The number of aryl methyl sites for hydroxylation is 1. The van der Waals surface area contributed by atoms with E-state index in [4.69, 9.17) is 10.7 Å². The van der Waals surface area contributed by atoms with E-state index in [-0.39, 0.29) is 11.3 Å². The van der Waals surface area contributed by atoms with Gasteiger partial charge in [0, 0.05) is 41.8 Å². The zero-order valence-electron chi connectivity index (χ0n) is 21.4. The first kappa shape index (κ1) is 23.3. The van der Waals surface area contributed by atoms with E-state index in [9.17, 15) is 4.79 Å². The summed E-state index contributed by atoms with van der Waals surface area (Å²) in [6.45, 7) is 10.1. The molecule has 3 aromatic rings. The van der Waals surface area contributed by atoms with Gasteiger partial charge in [0.1, 0.15) is 22.9 Å². The maximum Gasteiger partial charge on any atom is 0.258 e. The number of carbonyl (C=O) groups is 1. The Morgan fingerprint density at radius 3 is 2.73 bits per heavy atom. The molecule has 10 heteroatoms. The van der Waals surface area contributed by atoms with Crippen molar-refractivity contribution in [3.05, 3.63) is 59.1 Å². The van der Waals surface area contributed by atoms with Gasteiger partial charge in [0.05, 0.1) is 12.2 Å². The summed E-state index contributed by atoms with van der Waals surface area (Å²) in [7, 11) is 0. The van der Waals surface area contributed by atoms with Crippen LogP contribution < -0.4 is 26.6 Å². The molecule has 2 aliphatic heterocycles. The number of hydrogen-bond donors (Lipinski definition) is 4. The van der Waals surface area contributed by atoms with Crippen molar-refractivity contribution < 1.29 is 4.79 Å². The van der Waals surface area contributed by atoms with E-state index in [0.29, 0.717) is 52.0 Å². The number of allylic oxidation sites excluding steroid dienone is 3. The lowest BCUT2D eigenvalue weighted by Crippen LogP contribution is -2.44. The van der Waals surface area contributed by atoms with Crippen LogP contribution in [0.3, 0.4) is 0 Å². The van der Waals surface area contributed by atoms with Crippen LogP contribution in [0.25, 0.3) is 11.0 Å². The Kier molecular flexibility index (Phi) is 5.33. The molecule has 2 atom stereocenters. The van der Waals surface area contributed by atoms with E-state index < -0.39 is 0 Å². The van der Waals surface area contributed by atoms with Crippen molar-refractivity contribution in [2.45, 2.75) is 46.2 Å². The second-order valence-electron chi connectivity index (χ2n) is 10.9. The zero-order valence-corrected chi connectivity index (χ0v) is 21.4. The standard InChI is InChI=1S/C27H29N9O/c1-14-5-6-15(25(37)32-17-8-16(9-17)27(2,3)4)7-20(14)33-24-22-21(30-13-31-24)23(28)35-26(34-22)36-12-18-10-19(36)11-29-18/h5-8,13,18-19,29H,10-12H2,1-4H3,(H3-,28,30,31,32,33,34,35,37)/p+1. The molecule has 1 amide bonds. The predicted molar refractivity (Wildman–Crippen MR) is 143 cm³/mol. The first-order chi connectivity index (χ1) is 17.7. The number of carbonyl (C=O) groups excluding carboxylic acids is 1. The highest BCUT2D eigenvalue weighted by atomic mass is 16.1.